The molecule has 2 rings (SSSR count). The van der Waals surface area contributed by atoms with Crippen LogP contribution in [0.1, 0.15) is 24.0 Å². The summed E-state index contributed by atoms with van der Waals surface area (Å²) in [5.74, 6) is 1.84. The average molecular weight is 269 g/mol. The highest BCUT2D eigenvalue weighted by Gasteiger charge is 2.28. The molecule has 0 aliphatic carbocycles. The van der Waals surface area contributed by atoms with Crippen LogP contribution in [-0.4, -0.2) is 28.8 Å². The van der Waals surface area contributed by atoms with Gasteiger partial charge in [-0.05, 0) is 37.3 Å². The van der Waals surface area contributed by atoms with E-state index in [1.54, 1.807) is 6.07 Å². The number of aryl methyl sites for hydroxylation is 1. The molecular weight excluding hydrogens is 249 g/mol. The van der Waals surface area contributed by atoms with Gasteiger partial charge in [-0.3, -0.25) is 0 Å². The molecule has 1 aliphatic heterocycles. The van der Waals surface area contributed by atoms with Crippen molar-refractivity contribution in [1.82, 2.24) is 5.32 Å². The molecule has 0 spiro atoms. The van der Waals surface area contributed by atoms with Crippen molar-refractivity contribution >= 4 is 11.8 Å². The molecule has 1 aromatic rings. The number of aliphatic hydroxyl groups is 1. The van der Waals surface area contributed by atoms with Crippen molar-refractivity contribution in [3.05, 3.63) is 35.1 Å². The van der Waals surface area contributed by atoms with Crippen LogP contribution >= 0.6 is 11.8 Å². The first kappa shape index (κ1) is 13.8. The van der Waals surface area contributed by atoms with Crippen LogP contribution in [0.2, 0.25) is 0 Å². The van der Waals surface area contributed by atoms with Crippen LogP contribution < -0.4 is 5.32 Å². The molecular formula is C14H20FNOS. The fraction of sp³-hybridized carbons (Fsp3) is 0.571. The quantitative estimate of drug-likeness (QED) is 0.881. The van der Waals surface area contributed by atoms with Gasteiger partial charge in [0.25, 0.3) is 0 Å². The Morgan fingerprint density at radius 3 is 2.83 bits per heavy atom. The average Bonchev–Trinajstić information content (AvgIpc) is 2.34. The van der Waals surface area contributed by atoms with E-state index in [1.807, 2.05) is 24.8 Å². The van der Waals surface area contributed by atoms with Crippen molar-refractivity contribution in [2.24, 2.45) is 0 Å². The lowest BCUT2D eigenvalue weighted by Gasteiger charge is -2.32. The van der Waals surface area contributed by atoms with Crippen molar-refractivity contribution in [3.8, 4) is 0 Å². The SMILES string of the molecule is Cc1ccc(F)c(CNCC2(O)CCSCC2)c1. The highest BCUT2D eigenvalue weighted by molar-refractivity contribution is 7.99. The van der Waals surface area contributed by atoms with E-state index < -0.39 is 5.60 Å². The van der Waals surface area contributed by atoms with Gasteiger partial charge in [-0.2, -0.15) is 11.8 Å². The first-order chi connectivity index (χ1) is 8.59. The van der Waals surface area contributed by atoms with Crippen LogP contribution in [0.25, 0.3) is 0 Å². The molecule has 0 bridgehead atoms. The van der Waals surface area contributed by atoms with Crippen LogP contribution in [0.3, 0.4) is 0 Å². The Morgan fingerprint density at radius 2 is 2.11 bits per heavy atom. The summed E-state index contributed by atoms with van der Waals surface area (Å²) in [5.41, 5.74) is 1.12. The summed E-state index contributed by atoms with van der Waals surface area (Å²) in [4.78, 5) is 0. The van der Waals surface area contributed by atoms with Crippen molar-refractivity contribution in [2.45, 2.75) is 31.9 Å². The highest BCUT2D eigenvalue weighted by atomic mass is 32.2. The summed E-state index contributed by atoms with van der Waals surface area (Å²) in [6.07, 6.45) is 1.64. The molecule has 1 fully saturated rings. The molecule has 4 heteroatoms. The van der Waals surface area contributed by atoms with Crippen LogP contribution in [-0.2, 0) is 6.54 Å². The van der Waals surface area contributed by atoms with Gasteiger partial charge in [-0.1, -0.05) is 17.7 Å². The Morgan fingerprint density at radius 1 is 1.39 bits per heavy atom. The van der Waals surface area contributed by atoms with E-state index in [9.17, 15) is 9.50 Å². The van der Waals surface area contributed by atoms with Crippen molar-refractivity contribution < 1.29 is 9.50 Å². The zero-order valence-electron chi connectivity index (χ0n) is 10.7. The molecule has 0 unspecified atom stereocenters. The number of thioether (sulfide) groups is 1. The molecule has 2 N–H and O–H groups in total. The summed E-state index contributed by atoms with van der Waals surface area (Å²) in [5, 5.41) is 13.5. The summed E-state index contributed by atoms with van der Waals surface area (Å²) in [6, 6.07) is 5.12. The zero-order chi connectivity index (χ0) is 13.0. The van der Waals surface area contributed by atoms with E-state index in [2.05, 4.69) is 5.32 Å². The number of halogens is 1. The highest BCUT2D eigenvalue weighted by Crippen LogP contribution is 2.26. The second kappa shape index (κ2) is 6.04. The van der Waals surface area contributed by atoms with E-state index in [0.29, 0.717) is 18.7 Å². The minimum Gasteiger partial charge on any atom is -0.389 e. The number of nitrogens with one attached hydrogen (secondary N) is 1. The fourth-order valence-corrected chi connectivity index (χ4v) is 3.45. The second-order valence-corrected chi connectivity index (χ2v) is 6.26. The predicted molar refractivity (Wildman–Crippen MR) is 74.4 cm³/mol. The lowest BCUT2D eigenvalue weighted by Crippen LogP contribution is -2.43. The van der Waals surface area contributed by atoms with Gasteiger partial charge in [0.15, 0.2) is 0 Å². The zero-order valence-corrected chi connectivity index (χ0v) is 11.5. The molecule has 1 aromatic carbocycles. The van der Waals surface area contributed by atoms with E-state index in [0.717, 1.165) is 29.9 Å². The number of rotatable bonds is 4. The van der Waals surface area contributed by atoms with Gasteiger partial charge in [0, 0.05) is 18.7 Å². The molecule has 0 saturated carbocycles. The maximum atomic E-state index is 13.5. The van der Waals surface area contributed by atoms with Crippen LogP contribution in [0.4, 0.5) is 4.39 Å². The van der Waals surface area contributed by atoms with Crippen molar-refractivity contribution in [3.63, 3.8) is 0 Å². The summed E-state index contributed by atoms with van der Waals surface area (Å²) < 4.78 is 13.5. The molecule has 1 saturated heterocycles. The van der Waals surface area contributed by atoms with Gasteiger partial charge in [0.1, 0.15) is 5.82 Å². The first-order valence-electron chi connectivity index (χ1n) is 6.35. The van der Waals surface area contributed by atoms with Gasteiger partial charge < -0.3 is 10.4 Å². The largest absolute Gasteiger partial charge is 0.389 e. The maximum Gasteiger partial charge on any atom is 0.127 e. The van der Waals surface area contributed by atoms with E-state index >= 15 is 0 Å². The van der Waals surface area contributed by atoms with Crippen molar-refractivity contribution in [2.75, 3.05) is 18.1 Å². The Bertz CT molecular complexity index is 405. The molecule has 2 nitrogen and oxygen atoms in total. The van der Waals surface area contributed by atoms with Crippen molar-refractivity contribution in [1.29, 1.82) is 0 Å². The van der Waals surface area contributed by atoms with E-state index in [4.69, 9.17) is 0 Å². The minimum atomic E-state index is -0.606. The monoisotopic (exact) mass is 269 g/mol. The van der Waals surface area contributed by atoms with Crippen LogP contribution in [0, 0.1) is 12.7 Å². The van der Waals surface area contributed by atoms with Gasteiger partial charge in [0.05, 0.1) is 5.60 Å². The standard InChI is InChI=1S/C14H20FNOS/c1-11-2-3-13(15)12(8-11)9-16-10-14(17)4-6-18-7-5-14/h2-3,8,16-17H,4-7,9-10H2,1H3. The number of benzene rings is 1. The van der Waals surface area contributed by atoms with Gasteiger partial charge in [-0.25, -0.2) is 4.39 Å². The Labute approximate surface area is 112 Å². The molecule has 100 valence electrons. The Hall–Kier alpha value is -0.580. The van der Waals surface area contributed by atoms with Gasteiger partial charge in [0.2, 0.25) is 0 Å². The fourth-order valence-electron chi connectivity index (χ4n) is 2.20. The van der Waals surface area contributed by atoms with Gasteiger partial charge >= 0.3 is 0 Å². The van der Waals surface area contributed by atoms with Crippen LogP contribution in [0.5, 0.6) is 0 Å². The molecule has 0 aromatic heterocycles. The molecule has 0 atom stereocenters. The summed E-state index contributed by atoms with van der Waals surface area (Å²) >= 11 is 1.88. The molecule has 1 heterocycles. The van der Waals surface area contributed by atoms with Crippen LogP contribution in [0.15, 0.2) is 18.2 Å². The molecule has 0 radical (unpaired) electrons. The van der Waals surface area contributed by atoms with E-state index in [-0.39, 0.29) is 5.82 Å². The molecule has 1 aliphatic rings. The lowest BCUT2D eigenvalue weighted by atomic mass is 9.97. The summed E-state index contributed by atoms with van der Waals surface area (Å²) in [7, 11) is 0. The molecule has 0 amide bonds. The topological polar surface area (TPSA) is 32.3 Å². The second-order valence-electron chi connectivity index (χ2n) is 5.04. The van der Waals surface area contributed by atoms with E-state index in [1.165, 1.54) is 6.07 Å². The summed E-state index contributed by atoms with van der Waals surface area (Å²) in [6.45, 7) is 2.97. The lowest BCUT2D eigenvalue weighted by molar-refractivity contribution is 0.0319. The maximum absolute atomic E-state index is 13.5. The number of hydrogen-bond donors (Lipinski definition) is 2. The Balaban J connectivity index is 1.86. The predicted octanol–water partition coefficient (Wildman–Crippen LogP) is 2.48. The normalized spacial score (nSPS) is 18.8. The van der Waals surface area contributed by atoms with Gasteiger partial charge in [-0.15, -0.1) is 0 Å². The number of hydrogen-bond acceptors (Lipinski definition) is 3. The molecule has 18 heavy (non-hydrogen) atoms. The third kappa shape index (κ3) is 3.70. The third-order valence-electron chi connectivity index (χ3n) is 3.39. The Kier molecular flexibility index (Phi) is 4.65. The first-order valence-corrected chi connectivity index (χ1v) is 7.50. The minimum absolute atomic E-state index is 0.181. The third-order valence-corrected chi connectivity index (χ3v) is 4.38. The smallest absolute Gasteiger partial charge is 0.127 e.